The molecule has 0 saturated carbocycles. The Balaban J connectivity index is 3.16. The van der Waals surface area contributed by atoms with Gasteiger partial charge in [-0.1, -0.05) is 20.8 Å². The number of alkyl halides is 1. The minimum absolute atomic E-state index is 0.0921. The Labute approximate surface area is 119 Å². The van der Waals surface area contributed by atoms with Crippen molar-refractivity contribution in [1.29, 1.82) is 0 Å². The van der Waals surface area contributed by atoms with Crippen molar-refractivity contribution in [3.05, 3.63) is 16.3 Å². The van der Waals surface area contributed by atoms with Crippen LogP contribution in [0.3, 0.4) is 0 Å². The number of sulfonamides is 1. The zero-order valence-electron chi connectivity index (χ0n) is 11.4. The molecule has 3 nitrogen and oxygen atoms in total. The van der Waals surface area contributed by atoms with Gasteiger partial charge in [0.1, 0.15) is 0 Å². The van der Waals surface area contributed by atoms with E-state index in [1.807, 2.05) is 27.7 Å². The van der Waals surface area contributed by atoms with Gasteiger partial charge < -0.3 is 0 Å². The molecule has 0 N–H and O–H groups in total. The SMILES string of the molecule is CC(N(C)S(=O)(=O)c1ccsc1CCl)C(C)(C)C. The molecule has 0 aliphatic carbocycles. The summed E-state index contributed by atoms with van der Waals surface area (Å²) in [5.74, 6) is 0.226. The predicted octanol–water partition coefficient (Wildman–Crippen LogP) is 3.54. The molecule has 18 heavy (non-hydrogen) atoms. The predicted molar refractivity (Wildman–Crippen MR) is 77.7 cm³/mol. The Kier molecular flexibility index (Phi) is 4.87. The van der Waals surface area contributed by atoms with Gasteiger partial charge in [-0.3, -0.25) is 0 Å². The van der Waals surface area contributed by atoms with Crippen LogP contribution < -0.4 is 0 Å². The van der Waals surface area contributed by atoms with Gasteiger partial charge in [-0.25, -0.2) is 8.42 Å². The van der Waals surface area contributed by atoms with Crippen LogP contribution in [0.15, 0.2) is 16.3 Å². The van der Waals surface area contributed by atoms with Crippen LogP contribution >= 0.6 is 22.9 Å². The summed E-state index contributed by atoms with van der Waals surface area (Å²) in [6.07, 6.45) is 0. The fraction of sp³-hybridized carbons (Fsp3) is 0.667. The van der Waals surface area contributed by atoms with Crippen molar-refractivity contribution in [3.8, 4) is 0 Å². The summed E-state index contributed by atoms with van der Waals surface area (Å²) in [5, 5.41) is 1.76. The van der Waals surface area contributed by atoms with Crippen molar-refractivity contribution < 1.29 is 8.42 Å². The number of halogens is 1. The first kappa shape index (κ1) is 16.0. The molecule has 0 aliphatic rings. The molecule has 1 aromatic rings. The summed E-state index contributed by atoms with van der Waals surface area (Å²) in [6, 6.07) is 1.54. The Morgan fingerprint density at radius 3 is 2.44 bits per heavy atom. The lowest BCUT2D eigenvalue weighted by Crippen LogP contribution is -2.42. The topological polar surface area (TPSA) is 37.4 Å². The van der Waals surface area contributed by atoms with Crippen LogP contribution in [-0.4, -0.2) is 25.8 Å². The van der Waals surface area contributed by atoms with E-state index >= 15 is 0 Å². The van der Waals surface area contributed by atoms with Gasteiger partial charge in [0, 0.05) is 18.0 Å². The molecule has 104 valence electrons. The second kappa shape index (κ2) is 5.49. The summed E-state index contributed by atoms with van der Waals surface area (Å²) in [5.41, 5.74) is -0.112. The van der Waals surface area contributed by atoms with Crippen molar-refractivity contribution in [1.82, 2.24) is 4.31 Å². The van der Waals surface area contributed by atoms with Gasteiger partial charge in [-0.15, -0.1) is 22.9 Å². The fourth-order valence-corrected chi connectivity index (χ4v) is 4.78. The van der Waals surface area contributed by atoms with E-state index in [2.05, 4.69) is 0 Å². The van der Waals surface area contributed by atoms with Crippen LogP contribution in [0.4, 0.5) is 0 Å². The molecular formula is C12H20ClNO2S2. The van der Waals surface area contributed by atoms with Gasteiger partial charge in [0.05, 0.1) is 10.8 Å². The number of hydrogen-bond donors (Lipinski definition) is 0. The molecule has 0 fully saturated rings. The second-order valence-electron chi connectivity index (χ2n) is 5.40. The molecule has 6 heteroatoms. The standard InChI is InChI=1S/C12H20ClNO2S2/c1-9(12(2,3)4)14(5)18(15,16)11-6-7-17-10(11)8-13/h6-7,9H,8H2,1-5H3. The van der Waals surface area contributed by atoms with E-state index in [-0.39, 0.29) is 17.3 Å². The van der Waals surface area contributed by atoms with E-state index in [1.165, 1.54) is 15.6 Å². The third-order valence-electron chi connectivity index (χ3n) is 3.28. The maximum absolute atomic E-state index is 12.5. The lowest BCUT2D eigenvalue weighted by atomic mass is 9.88. The van der Waals surface area contributed by atoms with Crippen molar-refractivity contribution in [3.63, 3.8) is 0 Å². The Bertz CT molecular complexity index is 502. The highest BCUT2D eigenvalue weighted by Crippen LogP contribution is 2.31. The summed E-state index contributed by atoms with van der Waals surface area (Å²) in [6.45, 7) is 8.00. The van der Waals surface area contributed by atoms with Crippen LogP contribution in [0.5, 0.6) is 0 Å². The number of thiophene rings is 1. The highest BCUT2D eigenvalue weighted by atomic mass is 35.5. The van der Waals surface area contributed by atoms with E-state index in [4.69, 9.17) is 11.6 Å². The Morgan fingerprint density at radius 1 is 1.44 bits per heavy atom. The van der Waals surface area contributed by atoms with E-state index < -0.39 is 10.0 Å². The minimum Gasteiger partial charge on any atom is -0.207 e. The maximum atomic E-state index is 12.5. The van der Waals surface area contributed by atoms with Crippen molar-refractivity contribution >= 4 is 33.0 Å². The van der Waals surface area contributed by atoms with E-state index in [1.54, 1.807) is 18.5 Å². The molecule has 1 rings (SSSR count). The van der Waals surface area contributed by atoms with E-state index in [9.17, 15) is 8.42 Å². The zero-order valence-corrected chi connectivity index (χ0v) is 13.8. The van der Waals surface area contributed by atoms with Gasteiger partial charge in [0.2, 0.25) is 10.0 Å². The molecule has 0 amide bonds. The smallest absolute Gasteiger partial charge is 0.207 e. The van der Waals surface area contributed by atoms with Gasteiger partial charge in [0.15, 0.2) is 0 Å². The first-order chi connectivity index (χ1) is 8.12. The van der Waals surface area contributed by atoms with Crippen molar-refractivity contribution in [2.24, 2.45) is 5.41 Å². The monoisotopic (exact) mass is 309 g/mol. The molecular weight excluding hydrogens is 290 g/mol. The highest BCUT2D eigenvalue weighted by Gasteiger charge is 2.33. The lowest BCUT2D eigenvalue weighted by Gasteiger charge is -2.34. The number of rotatable bonds is 4. The molecule has 0 bridgehead atoms. The van der Waals surface area contributed by atoms with Gasteiger partial charge >= 0.3 is 0 Å². The van der Waals surface area contributed by atoms with Gasteiger partial charge in [-0.2, -0.15) is 4.31 Å². The summed E-state index contributed by atoms with van der Waals surface area (Å²) < 4.78 is 26.5. The molecule has 0 saturated heterocycles. The van der Waals surface area contributed by atoms with E-state index in [0.29, 0.717) is 9.77 Å². The molecule has 0 radical (unpaired) electrons. The summed E-state index contributed by atoms with van der Waals surface area (Å²) in [4.78, 5) is 1.03. The van der Waals surface area contributed by atoms with Gasteiger partial charge in [-0.05, 0) is 23.8 Å². The van der Waals surface area contributed by atoms with Crippen molar-refractivity contribution in [2.45, 2.75) is 44.5 Å². The summed E-state index contributed by atoms with van der Waals surface area (Å²) in [7, 11) is -1.84. The lowest BCUT2D eigenvalue weighted by molar-refractivity contribution is 0.216. The van der Waals surface area contributed by atoms with Crippen molar-refractivity contribution in [2.75, 3.05) is 7.05 Å². The fourth-order valence-electron chi connectivity index (χ4n) is 1.56. The van der Waals surface area contributed by atoms with Crippen LogP contribution in [0.2, 0.25) is 0 Å². The average Bonchev–Trinajstić information content (AvgIpc) is 2.74. The average molecular weight is 310 g/mol. The van der Waals surface area contributed by atoms with Crippen LogP contribution in [0.25, 0.3) is 0 Å². The molecule has 0 aliphatic heterocycles. The van der Waals surface area contributed by atoms with E-state index in [0.717, 1.165) is 0 Å². The molecule has 0 aromatic carbocycles. The zero-order chi connectivity index (χ0) is 14.1. The van der Waals surface area contributed by atoms with Crippen LogP contribution in [0.1, 0.15) is 32.6 Å². The normalized spacial score (nSPS) is 15.1. The van der Waals surface area contributed by atoms with Crippen LogP contribution in [0, 0.1) is 5.41 Å². The number of hydrogen-bond acceptors (Lipinski definition) is 3. The van der Waals surface area contributed by atoms with Gasteiger partial charge in [0.25, 0.3) is 0 Å². The minimum atomic E-state index is -3.46. The highest BCUT2D eigenvalue weighted by molar-refractivity contribution is 7.89. The largest absolute Gasteiger partial charge is 0.244 e. The molecule has 1 unspecified atom stereocenters. The first-order valence-electron chi connectivity index (χ1n) is 5.72. The Morgan fingerprint density at radius 2 is 2.00 bits per heavy atom. The third kappa shape index (κ3) is 3.07. The molecule has 1 atom stereocenters. The first-order valence-corrected chi connectivity index (χ1v) is 8.58. The summed E-state index contributed by atoms with van der Waals surface area (Å²) >= 11 is 7.16. The third-order valence-corrected chi connectivity index (χ3v) is 6.77. The van der Waals surface area contributed by atoms with Crippen LogP contribution in [-0.2, 0) is 15.9 Å². The molecule has 1 heterocycles. The number of nitrogens with zero attached hydrogens (tertiary/aromatic N) is 1. The maximum Gasteiger partial charge on any atom is 0.244 e. The second-order valence-corrected chi connectivity index (χ2v) is 8.64. The molecule has 0 spiro atoms. The quantitative estimate of drug-likeness (QED) is 0.798. The molecule has 1 aromatic heterocycles. The Hall–Kier alpha value is -0.100.